The number of aliphatic hydroxyl groups is 1. The van der Waals surface area contributed by atoms with Gasteiger partial charge in [-0.25, -0.2) is 4.79 Å². The smallest absolute Gasteiger partial charge is 0.338 e. The first-order valence-corrected chi connectivity index (χ1v) is 16.6. The molecule has 0 saturated heterocycles. The van der Waals surface area contributed by atoms with E-state index in [1.165, 1.54) is 12.5 Å². The van der Waals surface area contributed by atoms with Crippen molar-refractivity contribution in [2.75, 3.05) is 0 Å². The summed E-state index contributed by atoms with van der Waals surface area (Å²) in [7, 11) is 0. The predicted octanol–water partition coefficient (Wildman–Crippen LogP) is 7.93. The first kappa shape index (κ1) is 30.6. The van der Waals surface area contributed by atoms with E-state index in [9.17, 15) is 14.7 Å². The highest BCUT2D eigenvalue weighted by Gasteiger charge is 2.74. The van der Waals surface area contributed by atoms with Crippen molar-refractivity contribution in [1.29, 1.82) is 0 Å². The van der Waals surface area contributed by atoms with Gasteiger partial charge in [0.1, 0.15) is 12.2 Å². The van der Waals surface area contributed by atoms with Gasteiger partial charge in [-0.3, -0.25) is 4.79 Å². The number of allylic oxidation sites excluding steroid dienone is 1. The Kier molecular flexibility index (Phi) is 7.35. The van der Waals surface area contributed by atoms with E-state index in [2.05, 4.69) is 47.8 Å². The van der Waals surface area contributed by atoms with Crippen LogP contribution in [0.25, 0.3) is 0 Å². The second-order valence-corrected chi connectivity index (χ2v) is 16.0. The Morgan fingerprint density at radius 1 is 0.884 bits per heavy atom. The van der Waals surface area contributed by atoms with Gasteiger partial charge in [0.25, 0.3) is 0 Å². The van der Waals surface area contributed by atoms with Gasteiger partial charge in [0.05, 0.1) is 11.7 Å². The molecule has 0 amide bonds. The molecule has 43 heavy (non-hydrogen) atoms. The lowest BCUT2D eigenvalue weighted by Crippen LogP contribution is -2.71. The number of hydrogen-bond acceptors (Lipinski definition) is 5. The van der Waals surface area contributed by atoms with Crippen LogP contribution in [0.2, 0.25) is 0 Å². The summed E-state index contributed by atoms with van der Waals surface area (Å²) in [5, 5.41) is 11.0. The molecule has 5 aliphatic rings. The lowest BCUT2D eigenvalue weighted by Gasteiger charge is -2.73. The number of benzene rings is 1. The fourth-order valence-corrected chi connectivity index (χ4v) is 12.3. The molecule has 5 heteroatoms. The van der Waals surface area contributed by atoms with Gasteiger partial charge in [-0.15, -0.1) is 0 Å². The van der Waals surface area contributed by atoms with E-state index in [0.29, 0.717) is 23.8 Å². The zero-order chi connectivity index (χ0) is 31.1. The Morgan fingerprint density at radius 2 is 1.56 bits per heavy atom. The Balaban J connectivity index is 1.49. The molecule has 0 heterocycles. The topological polar surface area (TPSA) is 72.8 Å². The SMILES string of the molecule is C=C1[C@@H]2[C@H](OC(C)=O)C[C@]3(C)[C@H](C[C@@H](OC(=O)c4ccccc4)[C@@H]4[C@@]5(C)CC[C@@H](C(=C)C)[C@@H]5CC[C@]43C)[C@@]2(C)CC[C@@H]1O. The van der Waals surface area contributed by atoms with Crippen LogP contribution in [0.4, 0.5) is 0 Å². The fraction of sp³-hybridized carbons (Fsp3) is 0.684. The highest BCUT2D eigenvalue weighted by molar-refractivity contribution is 5.89. The van der Waals surface area contributed by atoms with Crippen LogP contribution in [0.15, 0.2) is 54.6 Å². The molecule has 6 rings (SSSR count). The van der Waals surface area contributed by atoms with Gasteiger partial charge in [-0.05, 0) is 115 Å². The zero-order valence-corrected chi connectivity index (χ0v) is 27.2. The van der Waals surface area contributed by atoms with Crippen molar-refractivity contribution < 1.29 is 24.2 Å². The van der Waals surface area contributed by atoms with Crippen LogP contribution in [-0.2, 0) is 14.3 Å². The van der Waals surface area contributed by atoms with Gasteiger partial charge >= 0.3 is 11.9 Å². The molecule has 1 aromatic carbocycles. The third-order valence-corrected chi connectivity index (χ3v) is 14.1. The predicted molar refractivity (Wildman–Crippen MR) is 168 cm³/mol. The molecule has 5 saturated carbocycles. The molecule has 0 radical (unpaired) electrons. The molecule has 0 bridgehead atoms. The number of hydrogen-bond donors (Lipinski definition) is 1. The lowest BCUT2D eigenvalue weighted by atomic mass is 9.32. The van der Waals surface area contributed by atoms with E-state index in [1.807, 2.05) is 30.3 Å². The van der Waals surface area contributed by atoms with Crippen LogP contribution in [0.3, 0.4) is 0 Å². The van der Waals surface area contributed by atoms with Crippen molar-refractivity contribution in [1.82, 2.24) is 0 Å². The summed E-state index contributed by atoms with van der Waals surface area (Å²) >= 11 is 0. The average Bonchev–Trinajstić information content (AvgIpc) is 3.29. The summed E-state index contributed by atoms with van der Waals surface area (Å²) in [6.45, 7) is 22.2. The van der Waals surface area contributed by atoms with Crippen molar-refractivity contribution in [3.63, 3.8) is 0 Å². The molecular formula is C38H52O5. The minimum atomic E-state index is -0.592. The largest absolute Gasteiger partial charge is 0.462 e. The monoisotopic (exact) mass is 588 g/mol. The van der Waals surface area contributed by atoms with Crippen LogP contribution in [-0.4, -0.2) is 35.4 Å². The first-order valence-electron chi connectivity index (χ1n) is 16.6. The van der Waals surface area contributed by atoms with Gasteiger partial charge in [0, 0.05) is 18.8 Å². The first-order chi connectivity index (χ1) is 20.2. The number of carbonyl (C=O) groups is 2. The molecule has 0 spiro atoms. The Hall–Kier alpha value is -2.40. The maximum absolute atomic E-state index is 13.8. The number of esters is 2. The third kappa shape index (κ3) is 4.34. The van der Waals surface area contributed by atoms with Gasteiger partial charge in [0.2, 0.25) is 0 Å². The fourth-order valence-electron chi connectivity index (χ4n) is 12.3. The average molecular weight is 589 g/mol. The quantitative estimate of drug-likeness (QED) is 0.286. The molecule has 0 aliphatic heterocycles. The van der Waals surface area contributed by atoms with E-state index in [1.54, 1.807) is 0 Å². The summed E-state index contributed by atoms with van der Waals surface area (Å²) in [6.07, 6.45) is 6.26. The van der Waals surface area contributed by atoms with Gasteiger partial charge in [0.15, 0.2) is 0 Å². The summed E-state index contributed by atoms with van der Waals surface area (Å²) in [4.78, 5) is 26.3. The van der Waals surface area contributed by atoms with Crippen LogP contribution < -0.4 is 0 Å². The summed E-state index contributed by atoms with van der Waals surface area (Å²) in [5.74, 6) is 0.760. The molecule has 234 valence electrons. The van der Waals surface area contributed by atoms with Crippen molar-refractivity contribution >= 4 is 11.9 Å². The van der Waals surface area contributed by atoms with Gasteiger partial charge in [-0.2, -0.15) is 0 Å². The van der Waals surface area contributed by atoms with Crippen molar-refractivity contribution in [2.45, 2.75) is 111 Å². The number of ether oxygens (including phenoxy) is 2. The Labute approximate surface area is 258 Å². The van der Waals surface area contributed by atoms with E-state index >= 15 is 0 Å². The Morgan fingerprint density at radius 3 is 2.21 bits per heavy atom. The lowest BCUT2D eigenvalue weighted by molar-refractivity contribution is -0.275. The minimum Gasteiger partial charge on any atom is -0.462 e. The van der Waals surface area contributed by atoms with E-state index in [4.69, 9.17) is 9.47 Å². The second kappa shape index (κ2) is 10.3. The summed E-state index contributed by atoms with van der Waals surface area (Å²) in [5.41, 5.74) is 2.13. The van der Waals surface area contributed by atoms with Crippen molar-refractivity contribution in [3.05, 3.63) is 60.2 Å². The molecule has 12 atom stereocenters. The molecule has 5 nitrogen and oxygen atoms in total. The Bertz CT molecular complexity index is 1320. The maximum atomic E-state index is 13.8. The number of fused-ring (bicyclic) bond motifs is 7. The van der Waals surface area contributed by atoms with E-state index in [-0.39, 0.29) is 63.6 Å². The third-order valence-electron chi connectivity index (χ3n) is 14.1. The highest BCUT2D eigenvalue weighted by Crippen LogP contribution is 2.77. The minimum absolute atomic E-state index is 0.00721. The molecule has 0 aromatic heterocycles. The maximum Gasteiger partial charge on any atom is 0.338 e. The number of aliphatic hydroxyl groups excluding tert-OH is 1. The summed E-state index contributed by atoms with van der Waals surface area (Å²) in [6, 6.07) is 9.41. The molecule has 1 N–H and O–H groups in total. The molecule has 1 aromatic rings. The van der Waals surface area contributed by atoms with E-state index < -0.39 is 6.10 Å². The number of rotatable bonds is 4. The number of carbonyl (C=O) groups excluding carboxylic acids is 2. The molecule has 5 aliphatic carbocycles. The molecular weight excluding hydrogens is 536 g/mol. The van der Waals surface area contributed by atoms with Crippen LogP contribution in [0, 0.1) is 51.2 Å². The van der Waals surface area contributed by atoms with Crippen molar-refractivity contribution in [3.8, 4) is 0 Å². The van der Waals surface area contributed by atoms with Gasteiger partial charge in [-0.1, -0.05) is 64.6 Å². The van der Waals surface area contributed by atoms with Crippen LogP contribution >= 0.6 is 0 Å². The van der Waals surface area contributed by atoms with E-state index in [0.717, 1.165) is 50.5 Å². The van der Waals surface area contributed by atoms with Crippen LogP contribution in [0.1, 0.15) is 103 Å². The van der Waals surface area contributed by atoms with Crippen LogP contribution in [0.5, 0.6) is 0 Å². The highest BCUT2D eigenvalue weighted by atomic mass is 16.5. The van der Waals surface area contributed by atoms with Crippen molar-refractivity contribution in [2.24, 2.45) is 51.2 Å². The molecule has 5 fully saturated rings. The molecule has 0 unspecified atom stereocenters. The standard InChI is InChI=1S/C38H52O5/c1-22(2)26-14-17-35(5)27(26)15-19-37(7)33(35)29(43-34(41)25-12-10-9-11-13-25)20-31-36(6)18-16-28(40)23(3)32(36)30(42-24(4)39)21-38(31,37)8/h9-13,26-33,40H,1,3,14-21H2,2,4-8H3/t26-,27-,28-,29+,30+,31+,32+,33+,35-,36+,37+,38+/m0/s1. The zero-order valence-electron chi connectivity index (χ0n) is 27.2. The second-order valence-electron chi connectivity index (χ2n) is 16.0. The van der Waals surface area contributed by atoms with Gasteiger partial charge < -0.3 is 14.6 Å². The summed E-state index contributed by atoms with van der Waals surface area (Å²) < 4.78 is 12.9. The normalized spacial score (nSPS) is 46.9.